The number of aliphatic carboxylic acids is 1. The van der Waals surface area contributed by atoms with E-state index in [2.05, 4.69) is 15.0 Å². The fourth-order valence-corrected chi connectivity index (χ4v) is 1.72. The summed E-state index contributed by atoms with van der Waals surface area (Å²) >= 11 is 5.96. The van der Waals surface area contributed by atoms with Crippen molar-refractivity contribution in [2.24, 2.45) is 5.11 Å². The van der Waals surface area contributed by atoms with E-state index in [-0.39, 0.29) is 5.15 Å². The summed E-state index contributed by atoms with van der Waals surface area (Å²) in [6.07, 6.45) is 3.39. The van der Waals surface area contributed by atoms with Crippen LogP contribution in [0.4, 0.5) is 0 Å². The number of nitrogens with one attached hydrogen (secondary N) is 1. The predicted molar refractivity (Wildman–Crippen MR) is 61.5 cm³/mol. The molecule has 1 heterocycles. The van der Waals surface area contributed by atoms with Crippen LogP contribution < -0.4 is 10.0 Å². The molecule has 0 amide bonds. The number of pyridine rings is 1. The zero-order valence-electron chi connectivity index (χ0n) is 9.26. The van der Waals surface area contributed by atoms with Gasteiger partial charge < -0.3 is 9.90 Å². The fourth-order valence-electron chi connectivity index (χ4n) is 1.50. The number of nitrogens with zero attached hydrogens (tertiary/aromatic N) is 3. The lowest BCUT2D eigenvalue weighted by molar-refractivity contribution is -0.299. The lowest BCUT2D eigenvalue weighted by Crippen LogP contribution is -2.23. The van der Waals surface area contributed by atoms with E-state index < -0.39 is 11.7 Å². The standard InChI is InChI=1S/C11H9ClN4O2/c12-10-7(5-9(11(17)18)15-16-13)3-4-8(14-10)6-1-2-6/h3-6,13H,1-2H2. The van der Waals surface area contributed by atoms with Gasteiger partial charge in [0.05, 0.1) is 5.97 Å². The van der Waals surface area contributed by atoms with Crippen LogP contribution in [0.2, 0.25) is 5.15 Å². The Labute approximate surface area is 108 Å². The number of hydrogen-bond acceptors (Lipinski definition) is 5. The van der Waals surface area contributed by atoms with E-state index in [1.165, 1.54) is 6.08 Å². The minimum absolute atomic E-state index is 0.207. The monoisotopic (exact) mass is 264 g/mol. The van der Waals surface area contributed by atoms with Crippen LogP contribution in [0.1, 0.15) is 30.0 Å². The molecule has 0 saturated heterocycles. The van der Waals surface area contributed by atoms with Gasteiger partial charge in [0.2, 0.25) is 4.91 Å². The van der Waals surface area contributed by atoms with Crippen LogP contribution in [0.5, 0.6) is 0 Å². The summed E-state index contributed by atoms with van der Waals surface area (Å²) in [5, 5.41) is 14.1. The highest BCUT2D eigenvalue weighted by atomic mass is 35.5. The maximum absolute atomic E-state index is 10.7. The van der Waals surface area contributed by atoms with Gasteiger partial charge in [-0.25, -0.2) is 4.98 Å². The number of hydrogen-bond donors (Lipinski definition) is 1. The van der Waals surface area contributed by atoms with Crippen molar-refractivity contribution in [2.75, 3.05) is 0 Å². The first-order chi connectivity index (χ1) is 8.61. The van der Waals surface area contributed by atoms with E-state index in [9.17, 15) is 9.90 Å². The molecule has 18 heavy (non-hydrogen) atoms. The van der Waals surface area contributed by atoms with Gasteiger partial charge >= 0.3 is 0 Å². The lowest BCUT2D eigenvalue weighted by Gasteiger charge is -2.02. The molecule has 0 spiro atoms. The van der Waals surface area contributed by atoms with Crippen LogP contribution in [0.15, 0.2) is 22.9 Å². The lowest BCUT2D eigenvalue weighted by atomic mass is 10.2. The number of carboxylic acid groups (broad SMARTS) is 1. The zero-order valence-corrected chi connectivity index (χ0v) is 10.0. The first-order valence-corrected chi connectivity index (χ1v) is 5.66. The van der Waals surface area contributed by atoms with E-state index in [1.54, 1.807) is 12.1 Å². The van der Waals surface area contributed by atoms with Gasteiger partial charge in [-0.15, -0.1) is 0 Å². The Kier molecular flexibility index (Phi) is 3.50. The van der Waals surface area contributed by atoms with Crippen LogP contribution in [-0.4, -0.2) is 11.0 Å². The van der Waals surface area contributed by atoms with Gasteiger partial charge in [0.25, 0.3) is 0 Å². The van der Waals surface area contributed by atoms with Crippen LogP contribution in [0, 0.1) is 5.53 Å². The van der Waals surface area contributed by atoms with Crippen molar-refractivity contribution in [2.45, 2.75) is 18.8 Å². The van der Waals surface area contributed by atoms with Gasteiger partial charge in [-0.3, -0.25) is 0 Å². The second-order valence-electron chi connectivity index (χ2n) is 3.91. The van der Waals surface area contributed by atoms with E-state index in [1.807, 2.05) is 0 Å². The number of rotatable bonds is 4. The molecule has 1 aromatic heterocycles. The molecule has 0 unspecified atom stereocenters. The zero-order chi connectivity index (χ0) is 13.1. The predicted octanol–water partition coefficient (Wildman–Crippen LogP) is 1.25. The highest BCUT2D eigenvalue weighted by Crippen LogP contribution is 2.39. The maximum atomic E-state index is 10.7. The minimum atomic E-state index is -1.52. The molecule has 1 aliphatic rings. The van der Waals surface area contributed by atoms with Crippen LogP contribution >= 0.6 is 11.6 Å². The van der Waals surface area contributed by atoms with E-state index in [0.717, 1.165) is 18.5 Å². The highest BCUT2D eigenvalue weighted by Gasteiger charge is 2.25. The smallest absolute Gasteiger partial charge is 0.220 e. The molecule has 92 valence electrons. The highest BCUT2D eigenvalue weighted by molar-refractivity contribution is 6.31. The molecule has 0 radical (unpaired) electrons. The topological polar surface area (TPSA) is 103 Å². The molecule has 0 bridgehead atoms. The number of aromatic nitrogens is 1. The summed E-state index contributed by atoms with van der Waals surface area (Å²) in [5.74, 6) is -1.05. The molecule has 1 N–H and O–H groups in total. The fraction of sp³-hybridized carbons (Fsp3) is 0.273. The van der Waals surface area contributed by atoms with Gasteiger partial charge in [0, 0.05) is 17.2 Å². The second-order valence-corrected chi connectivity index (χ2v) is 4.27. The van der Waals surface area contributed by atoms with Gasteiger partial charge in [-0.2, -0.15) is 0 Å². The van der Waals surface area contributed by atoms with Crippen molar-refractivity contribution in [3.63, 3.8) is 0 Å². The number of halogens is 1. The summed E-state index contributed by atoms with van der Waals surface area (Å²) in [6, 6.07) is 3.48. The van der Waals surface area contributed by atoms with Gasteiger partial charge in [0.1, 0.15) is 10.7 Å². The molecule has 6 nitrogen and oxygen atoms in total. The molecule has 1 saturated carbocycles. The number of carbonyl (C=O) groups is 1. The molecule has 2 rings (SSSR count). The molecular weight excluding hydrogens is 256 g/mol. The third kappa shape index (κ3) is 2.80. The Morgan fingerprint density at radius 1 is 1.61 bits per heavy atom. The average Bonchev–Trinajstić information content (AvgIpc) is 3.14. The largest absolute Gasteiger partial charge is 0.543 e. The molecule has 1 aliphatic carbocycles. The van der Waals surface area contributed by atoms with Gasteiger partial charge in [-0.1, -0.05) is 11.6 Å². The Balaban J connectivity index is 2.35. The molecule has 0 aromatic carbocycles. The molecule has 1 fully saturated rings. The number of carbonyl (C=O) groups excluding carboxylic acids is 1. The van der Waals surface area contributed by atoms with Crippen molar-refractivity contribution in [3.05, 3.63) is 34.2 Å². The third-order valence-electron chi connectivity index (χ3n) is 2.55. The van der Waals surface area contributed by atoms with Crippen molar-refractivity contribution in [3.8, 4) is 0 Å². The molecule has 0 atom stereocenters. The second kappa shape index (κ2) is 5.08. The van der Waals surface area contributed by atoms with Gasteiger partial charge in [-0.05, 0) is 31.1 Å². The molecular formula is C11H9ClN4O2. The summed E-state index contributed by atoms with van der Waals surface area (Å²) < 4.78 is 0. The van der Waals surface area contributed by atoms with Gasteiger partial charge in [0.15, 0.2) is 10.8 Å². The Morgan fingerprint density at radius 3 is 2.83 bits per heavy atom. The first kappa shape index (κ1) is 12.4. The average molecular weight is 265 g/mol. The van der Waals surface area contributed by atoms with E-state index >= 15 is 0 Å². The summed E-state index contributed by atoms with van der Waals surface area (Å²) in [6.45, 7) is 0. The molecule has 1 aromatic rings. The van der Waals surface area contributed by atoms with E-state index in [4.69, 9.17) is 17.1 Å². The quantitative estimate of drug-likeness (QED) is 0.383. The maximum Gasteiger partial charge on any atom is 0.220 e. The summed E-state index contributed by atoms with van der Waals surface area (Å²) in [4.78, 5) is 17.6. The normalized spacial score (nSPS) is 15.1. The Bertz CT molecular complexity index is 570. The van der Waals surface area contributed by atoms with Crippen molar-refractivity contribution < 1.29 is 9.90 Å². The summed E-state index contributed by atoms with van der Waals surface area (Å²) in [5.41, 5.74) is 7.38. The summed E-state index contributed by atoms with van der Waals surface area (Å²) in [7, 11) is 0. The van der Waals surface area contributed by atoms with Crippen LogP contribution in [0.3, 0.4) is 0 Å². The van der Waals surface area contributed by atoms with Crippen molar-refractivity contribution >= 4 is 23.6 Å². The Morgan fingerprint density at radius 2 is 2.33 bits per heavy atom. The number of carboxylic acids is 1. The molecule has 7 heteroatoms. The first-order valence-electron chi connectivity index (χ1n) is 5.28. The van der Waals surface area contributed by atoms with Crippen molar-refractivity contribution in [1.29, 1.82) is 5.53 Å². The molecule has 0 aliphatic heterocycles. The van der Waals surface area contributed by atoms with Crippen molar-refractivity contribution in [1.82, 2.24) is 9.90 Å². The minimum Gasteiger partial charge on any atom is -0.543 e. The SMILES string of the molecule is N=[N+]=NC(=Cc1ccc(C2CC2)nc1Cl)C(=O)[O-]. The Hall–Kier alpha value is -2.04. The third-order valence-corrected chi connectivity index (χ3v) is 2.86. The van der Waals surface area contributed by atoms with E-state index in [0.29, 0.717) is 11.5 Å². The van der Waals surface area contributed by atoms with Crippen LogP contribution in [-0.2, 0) is 4.79 Å². The van der Waals surface area contributed by atoms with Crippen LogP contribution in [0.25, 0.3) is 6.08 Å².